The normalized spacial score (nSPS) is 12.2. The molecule has 0 fully saturated rings. The molecule has 49 heavy (non-hydrogen) atoms. The lowest BCUT2D eigenvalue weighted by Gasteiger charge is -2.08. The van der Waals surface area contributed by atoms with Crippen LogP contribution >= 0.6 is 0 Å². The Morgan fingerprint density at radius 3 is 2.08 bits per heavy atom. The van der Waals surface area contributed by atoms with Gasteiger partial charge in [-0.05, 0) is 77.2 Å². The zero-order valence-electron chi connectivity index (χ0n) is 26.1. The summed E-state index contributed by atoms with van der Waals surface area (Å²) >= 11 is 0. The van der Waals surface area contributed by atoms with Gasteiger partial charge in [-0.25, -0.2) is 4.98 Å². The van der Waals surface area contributed by atoms with Crippen molar-refractivity contribution in [2.75, 3.05) is 0 Å². The van der Waals surface area contributed by atoms with E-state index in [1.807, 2.05) is 54.6 Å². The van der Waals surface area contributed by atoms with Crippen LogP contribution in [0.3, 0.4) is 0 Å². The molecule has 0 spiro atoms. The van der Waals surface area contributed by atoms with Crippen LogP contribution in [0.2, 0.25) is 0 Å². The molecule has 0 unspecified atom stereocenters. The maximum Gasteiger partial charge on any atom is 0.264 e. The molecule has 0 amide bonds. The molecule has 4 aromatic heterocycles. The van der Waals surface area contributed by atoms with Crippen LogP contribution < -0.4 is 5.56 Å². The van der Waals surface area contributed by atoms with Crippen molar-refractivity contribution in [3.63, 3.8) is 0 Å². The average Bonchev–Trinajstić information content (AvgIpc) is 3.84. The second kappa shape index (κ2) is 9.66. The van der Waals surface area contributed by atoms with E-state index in [-0.39, 0.29) is 5.56 Å². The summed E-state index contributed by atoms with van der Waals surface area (Å²) in [6.07, 6.45) is 0. The quantitative estimate of drug-likeness (QED) is 0.183. The van der Waals surface area contributed by atoms with Gasteiger partial charge in [-0.3, -0.25) is 9.20 Å². The summed E-state index contributed by atoms with van der Waals surface area (Å²) < 4.78 is 10.6. The molecule has 0 radical (unpaired) electrons. The largest absolute Gasteiger partial charge is 0.456 e. The van der Waals surface area contributed by atoms with Gasteiger partial charge in [0.25, 0.3) is 5.56 Å². The minimum atomic E-state index is -0.0692. The average molecular weight is 628 g/mol. The minimum absolute atomic E-state index is 0.0692. The first-order valence-electron chi connectivity index (χ1n) is 16.4. The van der Waals surface area contributed by atoms with Crippen molar-refractivity contribution in [1.82, 2.24) is 14.0 Å². The second-order valence-electron chi connectivity index (χ2n) is 12.7. The van der Waals surface area contributed by atoms with E-state index in [9.17, 15) is 4.79 Å². The van der Waals surface area contributed by atoms with Crippen LogP contribution in [0.1, 0.15) is 0 Å². The fourth-order valence-electron chi connectivity index (χ4n) is 7.95. The summed E-state index contributed by atoms with van der Waals surface area (Å²) in [4.78, 5) is 19.2. The van der Waals surface area contributed by atoms with E-state index in [1.54, 1.807) is 4.40 Å². The van der Waals surface area contributed by atoms with Gasteiger partial charge in [0.1, 0.15) is 17.0 Å². The third-order valence-electron chi connectivity index (χ3n) is 10.1. The summed E-state index contributed by atoms with van der Waals surface area (Å²) in [5.41, 5.74) is 9.68. The van der Waals surface area contributed by atoms with Crippen LogP contribution in [0.4, 0.5) is 0 Å². The minimum Gasteiger partial charge on any atom is -0.456 e. The van der Waals surface area contributed by atoms with Crippen LogP contribution in [0, 0.1) is 0 Å². The number of hydrogen-bond acceptors (Lipinski definition) is 3. The number of nitrogens with zero attached hydrogens (tertiary/aromatic N) is 3. The first kappa shape index (κ1) is 26.4. The zero-order chi connectivity index (χ0) is 32.2. The van der Waals surface area contributed by atoms with E-state index in [1.165, 1.54) is 21.8 Å². The SMILES string of the molecule is O=c1c2ccccc2c2cccc3nc(-c4cccc5oc6ccc(-c7ccc8c(c7)c7ccccc7n8-c7ccccc7)cc6c45)n1c32. The van der Waals surface area contributed by atoms with E-state index < -0.39 is 0 Å². The number of para-hydroxylation sites is 3. The Morgan fingerprint density at radius 1 is 0.510 bits per heavy atom. The molecule has 0 saturated heterocycles. The van der Waals surface area contributed by atoms with Crippen molar-refractivity contribution in [3.8, 4) is 28.2 Å². The maximum atomic E-state index is 14.1. The first-order chi connectivity index (χ1) is 24.2. The maximum absolute atomic E-state index is 14.1. The van der Waals surface area contributed by atoms with Gasteiger partial charge in [0, 0.05) is 43.6 Å². The van der Waals surface area contributed by atoms with Crippen molar-refractivity contribution in [1.29, 1.82) is 0 Å². The molecule has 5 nitrogen and oxygen atoms in total. The lowest BCUT2D eigenvalue weighted by atomic mass is 9.99. The third kappa shape index (κ3) is 3.59. The number of imidazole rings is 1. The van der Waals surface area contributed by atoms with Crippen molar-refractivity contribution < 1.29 is 4.42 Å². The molecule has 0 aliphatic carbocycles. The number of pyridine rings is 1. The topological polar surface area (TPSA) is 52.4 Å². The molecule has 0 bridgehead atoms. The van der Waals surface area contributed by atoms with E-state index in [0.29, 0.717) is 11.2 Å². The Bertz CT molecular complexity index is 3180. The van der Waals surface area contributed by atoms with Gasteiger partial charge in [-0.1, -0.05) is 91.0 Å². The molecule has 0 atom stereocenters. The van der Waals surface area contributed by atoms with Crippen LogP contribution in [-0.4, -0.2) is 14.0 Å². The molecule has 228 valence electrons. The Kier molecular flexibility index (Phi) is 5.19. The number of fused-ring (bicyclic) bond motifs is 8. The van der Waals surface area contributed by atoms with E-state index in [0.717, 1.165) is 66.1 Å². The number of aromatic nitrogens is 3. The zero-order valence-corrected chi connectivity index (χ0v) is 26.1. The monoisotopic (exact) mass is 627 g/mol. The standard InChI is InChI=1S/C44H25N3O2/c48-44-32-14-5-4-12-29(32)31-15-8-17-36-42(31)47(44)43(45-36)33-16-9-19-40-41(33)35-25-27(21-23-39(35)49-40)26-20-22-38-34(24-26)30-13-6-7-18-37(30)46(38)28-10-2-1-3-11-28/h1-25H. The number of rotatable bonds is 3. The molecule has 11 aromatic rings. The van der Waals surface area contributed by atoms with Crippen LogP contribution in [-0.2, 0) is 0 Å². The molecule has 0 aliphatic heterocycles. The van der Waals surface area contributed by atoms with Gasteiger partial charge in [-0.15, -0.1) is 0 Å². The van der Waals surface area contributed by atoms with Gasteiger partial charge < -0.3 is 8.98 Å². The summed E-state index contributed by atoms with van der Waals surface area (Å²) in [5.74, 6) is 0.621. The van der Waals surface area contributed by atoms with Crippen LogP contribution in [0.5, 0.6) is 0 Å². The summed E-state index contributed by atoms with van der Waals surface area (Å²) in [5, 5.41) is 6.98. The van der Waals surface area contributed by atoms with E-state index >= 15 is 0 Å². The fourth-order valence-corrected chi connectivity index (χ4v) is 7.95. The Morgan fingerprint density at radius 2 is 1.20 bits per heavy atom. The summed E-state index contributed by atoms with van der Waals surface area (Å²) in [7, 11) is 0. The van der Waals surface area contributed by atoms with E-state index in [4.69, 9.17) is 9.40 Å². The van der Waals surface area contributed by atoms with Crippen molar-refractivity contribution >= 4 is 70.9 Å². The highest BCUT2D eigenvalue weighted by atomic mass is 16.3. The molecule has 4 heterocycles. The summed E-state index contributed by atoms with van der Waals surface area (Å²) in [6, 6.07) is 52.1. The van der Waals surface area contributed by atoms with E-state index in [2.05, 4.69) is 102 Å². The fraction of sp³-hybridized carbons (Fsp3) is 0. The second-order valence-corrected chi connectivity index (χ2v) is 12.7. The van der Waals surface area contributed by atoms with Crippen LogP contribution in [0.15, 0.2) is 161 Å². The molecule has 0 aliphatic rings. The Labute approximate surface area is 278 Å². The van der Waals surface area contributed by atoms with Gasteiger partial charge >= 0.3 is 0 Å². The predicted octanol–water partition coefficient (Wildman–Crippen LogP) is 10.8. The number of hydrogen-bond donors (Lipinski definition) is 0. The number of benzene rings is 7. The first-order valence-corrected chi connectivity index (χ1v) is 16.4. The van der Waals surface area contributed by atoms with Crippen molar-refractivity contribution in [2.45, 2.75) is 0 Å². The Balaban J connectivity index is 1.15. The molecular formula is C44H25N3O2. The van der Waals surface area contributed by atoms with Crippen molar-refractivity contribution in [2.24, 2.45) is 0 Å². The van der Waals surface area contributed by atoms with Gasteiger partial charge in [0.05, 0.1) is 22.1 Å². The molecule has 7 aromatic carbocycles. The molecule has 0 N–H and O–H groups in total. The highest BCUT2D eigenvalue weighted by molar-refractivity contribution is 6.16. The highest BCUT2D eigenvalue weighted by Gasteiger charge is 2.22. The van der Waals surface area contributed by atoms with Gasteiger partial charge in [-0.2, -0.15) is 0 Å². The van der Waals surface area contributed by atoms with Crippen molar-refractivity contribution in [3.05, 3.63) is 162 Å². The van der Waals surface area contributed by atoms with Gasteiger partial charge in [0.15, 0.2) is 0 Å². The lowest BCUT2D eigenvalue weighted by molar-refractivity contribution is 0.669. The molecule has 5 heteroatoms. The molecule has 11 rings (SSSR count). The van der Waals surface area contributed by atoms with Crippen LogP contribution in [0.25, 0.3) is 99.1 Å². The highest BCUT2D eigenvalue weighted by Crippen LogP contribution is 2.41. The van der Waals surface area contributed by atoms with Gasteiger partial charge in [0.2, 0.25) is 0 Å². The lowest BCUT2D eigenvalue weighted by Crippen LogP contribution is -2.14. The third-order valence-corrected chi connectivity index (χ3v) is 10.1. The molecule has 0 saturated carbocycles. The smallest absolute Gasteiger partial charge is 0.264 e. The number of furan rings is 1. The Hall–Kier alpha value is -6.72. The molecular weight excluding hydrogens is 603 g/mol. The summed E-state index contributed by atoms with van der Waals surface area (Å²) in [6.45, 7) is 0. The predicted molar refractivity (Wildman–Crippen MR) is 200 cm³/mol.